The lowest BCUT2D eigenvalue weighted by Crippen LogP contribution is -2.44. The molecule has 2 unspecified atom stereocenters. The van der Waals surface area contributed by atoms with Crippen LogP contribution in [0.25, 0.3) is 0 Å². The molecule has 0 aliphatic heterocycles. The summed E-state index contributed by atoms with van der Waals surface area (Å²) in [6.45, 7) is 0.156. The molecule has 2 rings (SSSR count). The molecule has 4 nitrogen and oxygen atoms in total. The molecule has 2 atom stereocenters. The Morgan fingerprint density at radius 3 is 2.89 bits per heavy atom. The number of aliphatic hydroxyl groups is 1. The predicted molar refractivity (Wildman–Crippen MR) is 75.5 cm³/mol. The number of nitrogen functional groups attached to an aromatic ring is 1. The second-order valence-corrected chi connectivity index (χ2v) is 5.32. The van der Waals surface area contributed by atoms with Gasteiger partial charge in [0.1, 0.15) is 0 Å². The van der Waals surface area contributed by atoms with Crippen molar-refractivity contribution in [3.05, 3.63) is 29.8 Å². The Hall–Kier alpha value is -1.55. The van der Waals surface area contributed by atoms with Crippen LogP contribution in [0, 0.1) is 5.92 Å². The molecule has 1 saturated carbocycles. The van der Waals surface area contributed by atoms with E-state index in [0.29, 0.717) is 12.1 Å². The number of carbonyl (C=O) groups is 1. The molecule has 0 saturated heterocycles. The van der Waals surface area contributed by atoms with E-state index in [4.69, 9.17) is 5.73 Å². The average molecular weight is 262 g/mol. The molecule has 1 amide bonds. The predicted octanol–water partition coefficient (Wildman–Crippen LogP) is 1.48. The third kappa shape index (κ3) is 3.96. The number of nitrogens with one attached hydrogen (secondary N) is 1. The molecule has 0 heterocycles. The van der Waals surface area contributed by atoms with Crippen molar-refractivity contribution in [1.29, 1.82) is 0 Å². The molecule has 0 bridgehead atoms. The van der Waals surface area contributed by atoms with Crippen molar-refractivity contribution >= 4 is 11.6 Å². The highest BCUT2D eigenvalue weighted by Crippen LogP contribution is 2.24. The molecular weight excluding hydrogens is 240 g/mol. The first-order valence-electron chi connectivity index (χ1n) is 6.93. The molecule has 4 heteroatoms. The number of carbonyl (C=O) groups excluding carboxylic acids is 1. The number of aliphatic hydroxyl groups excluding tert-OH is 1. The van der Waals surface area contributed by atoms with Crippen LogP contribution in [-0.4, -0.2) is 23.7 Å². The Labute approximate surface area is 114 Å². The third-order valence-corrected chi connectivity index (χ3v) is 3.81. The summed E-state index contributed by atoms with van der Waals surface area (Å²) in [6.07, 6.45) is 4.58. The van der Waals surface area contributed by atoms with Gasteiger partial charge < -0.3 is 16.2 Å². The molecule has 1 aromatic carbocycles. The summed E-state index contributed by atoms with van der Waals surface area (Å²) in [5, 5.41) is 12.4. The summed E-state index contributed by atoms with van der Waals surface area (Å²) in [7, 11) is 0. The minimum absolute atomic E-state index is 0.0101. The zero-order valence-electron chi connectivity index (χ0n) is 11.1. The van der Waals surface area contributed by atoms with E-state index < -0.39 is 0 Å². The van der Waals surface area contributed by atoms with Crippen LogP contribution in [0.15, 0.2) is 24.3 Å². The fourth-order valence-electron chi connectivity index (χ4n) is 2.76. The lowest BCUT2D eigenvalue weighted by atomic mass is 9.85. The van der Waals surface area contributed by atoms with Crippen LogP contribution >= 0.6 is 0 Å². The zero-order chi connectivity index (χ0) is 13.7. The number of hydrogen-bond donors (Lipinski definition) is 3. The summed E-state index contributed by atoms with van der Waals surface area (Å²) >= 11 is 0. The van der Waals surface area contributed by atoms with E-state index in [-0.39, 0.29) is 24.5 Å². The second kappa shape index (κ2) is 6.57. The molecule has 1 fully saturated rings. The lowest BCUT2D eigenvalue weighted by Gasteiger charge is -2.30. The molecule has 104 valence electrons. The summed E-state index contributed by atoms with van der Waals surface area (Å²) < 4.78 is 0. The van der Waals surface area contributed by atoms with E-state index in [2.05, 4.69) is 5.32 Å². The van der Waals surface area contributed by atoms with Gasteiger partial charge in [-0.3, -0.25) is 4.79 Å². The van der Waals surface area contributed by atoms with Crippen LogP contribution in [-0.2, 0) is 11.2 Å². The highest BCUT2D eigenvalue weighted by molar-refractivity contribution is 5.79. The largest absolute Gasteiger partial charge is 0.399 e. The normalized spacial score (nSPS) is 23.0. The van der Waals surface area contributed by atoms with Gasteiger partial charge in [0.05, 0.1) is 6.42 Å². The van der Waals surface area contributed by atoms with Crippen LogP contribution in [0.5, 0.6) is 0 Å². The summed E-state index contributed by atoms with van der Waals surface area (Å²) in [5.41, 5.74) is 7.30. The fourth-order valence-corrected chi connectivity index (χ4v) is 2.76. The molecule has 0 aromatic heterocycles. The first kappa shape index (κ1) is 13.9. The van der Waals surface area contributed by atoms with Gasteiger partial charge in [-0.2, -0.15) is 0 Å². The molecule has 4 N–H and O–H groups in total. The van der Waals surface area contributed by atoms with Gasteiger partial charge in [0.15, 0.2) is 0 Å². The highest BCUT2D eigenvalue weighted by atomic mass is 16.3. The van der Waals surface area contributed by atoms with Gasteiger partial charge in [0, 0.05) is 24.3 Å². The van der Waals surface area contributed by atoms with Crippen molar-refractivity contribution in [2.45, 2.75) is 38.1 Å². The standard InChI is InChI=1S/C15H22N2O2/c16-13-6-3-4-11(8-13)9-15(19)17-14-7-2-1-5-12(14)10-18/h3-4,6,8,12,14,18H,1-2,5,7,9-10,16H2,(H,17,19). The molecule has 0 spiro atoms. The SMILES string of the molecule is Nc1cccc(CC(=O)NC2CCCCC2CO)c1. The maximum atomic E-state index is 12.0. The van der Waals surface area contributed by atoms with E-state index in [0.717, 1.165) is 31.2 Å². The van der Waals surface area contributed by atoms with Crippen molar-refractivity contribution in [1.82, 2.24) is 5.32 Å². The van der Waals surface area contributed by atoms with Crippen molar-refractivity contribution in [3.8, 4) is 0 Å². The van der Waals surface area contributed by atoms with Gasteiger partial charge in [0.25, 0.3) is 0 Å². The lowest BCUT2D eigenvalue weighted by molar-refractivity contribution is -0.121. The maximum Gasteiger partial charge on any atom is 0.224 e. The van der Waals surface area contributed by atoms with Gasteiger partial charge in [-0.1, -0.05) is 25.0 Å². The topological polar surface area (TPSA) is 75.4 Å². The van der Waals surface area contributed by atoms with Gasteiger partial charge in [-0.15, -0.1) is 0 Å². The highest BCUT2D eigenvalue weighted by Gasteiger charge is 2.25. The second-order valence-electron chi connectivity index (χ2n) is 5.32. The van der Waals surface area contributed by atoms with Crippen molar-refractivity contribution in [3.63, 3.8) is 0 Å². The molecule has 1 aliphatic rings. The minimum atomic E-state index is 0.0101. The fraction of sp³-hybridized carbons (Fsp3) is 0.533. The zero-order valence-corrected chi connectivity index (χ0v) is 11.1. The van der Waals surface area contributed by atoms with E-state index in [1.165, 1.54) is 0 Å². The number of rotatable bonds is 4. The summed E-state index contributed by atoms with van der Waals surface area (Å²) in [4.78, 5) is 12.0. The van der Waals surface area contributed by atoms with Crippen LogP contribution in [0.3, 0.4) is 0 Å². The first-order valence-corrected chi connectivity index (χ1v) is 6.93. The Morgan fingerprint density at radius 2 is 2.16 bits per heavy atom. The smallest absolute Gasteiger partial charge is 0.224 e. The van der Waals surface area contributed by atoms with E-state index in [9.17, 15) is 9.90 Å². The van der Waals surface area contributed by atoms with Crippen molar-refractivity contribution < 1.29 is 9.90 Å². The molecule has 1 aliphatic carbocycles. The third-order valence-electron chi connectivity index (χ3n) is 3.81. The van der Waals surface area contributed by atoms with E-state index in [1.807, 2.05) is 24.3 Å². The molecule has 0 radical (unpaired) electrons. The van der Waals surface area contributed by atoms with Gasteiger partial charge in [0.2, 0.25) is 5.91 Å². The number of anilines is 1. The van der Waals surface area contributed by atoms with Gasteiger partial charge in [-0.05, 0) is 30.5 Å². The number of hydrogen-bond acceptors (Lipinski definition) is 3. The Morgan fingerprint density at radius 1 is 1.37 bits per heavy atom. The van der Waals surface area contributed by atoms with E-state index >= 15 is 0 Å². The average Bonchev–Trinajstić information content (AvgIpc) is 2.39. The minimum Gasteiger partial charge on any atom is -0.399 e. The molecule has 19 heavy (non-hydrogen) atoms. The Kier molecular flexibility index (Phi) is 4.80. The first-order chi connectivity index (χ1) is 9.19. The van der Waals surface area contributed by atoms with Crippen LogP contribution < -0.4 is 11.1 Å². The number of benzene rings is 1. The monoisotopic (exact) mass is 262 g/mol. The quantitative estimate of drug-likeness (QED) is 0.719. The molecule has 1 aromatic rings. The summed E-state index contributed by atoms with van der Waals surface area (Å²) in [6, 6.07) is 7.51. The van der Waals surface area contributed by atoms with Crippen LogP contribution in [0.4, 0.5) is 5.69 Å². The van der Waals surface area contributed by atoms with Crippen molar-refractivity contribution in [2.24, 2.45) is 5.92 Å². The Bertz CT molecular complexity index is 434. The van der Waals surface area contributed by atoms with Gasteiger partial charge >= 0.3 is 0 Å². The van der Waals surface area contributed by atoms with Crippen LogP contribution in [0.1, 0.15) is 31.2 Å². The van der Waals surface area contributed by atoms with Gasteiger partial charge in [-0.25, -0.2) is 0 Å². The Balaban J connectivity index is 1.90. The van der Waals surface area contributed by atoms with E-state index in [1.54, 1.807) is 0 Å². The van der Waals surface area contributed by atoms with Crippen LogP contribution in [0.2, 0.25) is 0 Å². The number of amides is 1. The molecular formula is C15H22N2O2. The maximum absolute atomic E-state index is 12.0. The number of nitrogens with two attached hydrogens (primary N) is 1. The summed E-state index contributed by atoms with van der Waals surface area (Å²) in [5.74, 6) is 0.217. The van der Waals surface area contributed by atoms with Crippen molar-refractivity contribution in [2.75, 3.05) is 12.3 Å².